The lowest BCUT2D eigenvalue weighted by Crippen LogP contribution is -2.72. The molecule has 6 aliphatic heterocycles. The van der Waals surface area contributed by atoms with E-state index in [2.05, 4.69) is 16.0 Å². The maximum absolute atomic E-state index is 13.3. The van der Waals surface area contributed by atoms with Gasteiger partial charge in [0, 0.05) is 27.2 Å². The molecule has 0 saturated carbocycles. The number of amides is 3. The van der Waals surface area contributed by atoms with Crippen molar-refractivity contribution >= 4 is 23.7 Å². The molecule has 3 amide bonds. The van der Waals surface area contributed by atoms with Crippen molar-refractivity contribution in [2.75, 3.05) is 33.0 Å². The van der Waals surface area contributed by atoms with Gasteiger partial charge in [-0.2, -0.15) is 0 Å². The number of hydrogen-bond acceptors (Lipinski definition) is 32. The SMILES string of the molecule is CC(=O)N[C@@H]1[C@@H](O[C@@H]2O[C@H](CO)[C@H](O)[C@H](O[C@@H]3O[C@H](CO)[C@@H](O[C@@H]4O[C@@H](C)[C@@H](O)[C@@H](O)[C@@H]4O)[C@H](O[C@@H]4O[C@H](CO)[C@H](O)[C@H](O[C@]5(C(=O)O)C[C@H](O)[C@@H](NC(C)=O)[C@H]([C@H](O)[C@H](O)CO)O5)[C@H]4O)[C@H]3NC(C)=O)[C@H]2O)[C@@H](O)[C@@H](CO)O[C@@H]1O. The molecule has 36 heteroatoms. The molecule has 6 rings (SSSR count). The van der Waals surface area contributed by atoms with Crippen LogP contribution in [0.2, 0.25) is 0 Å². The van der Waals surface area contributed by atoms with Gasteiger partial charge in [-0.15, -0.1) is 0 Å². The van der Waals surface area contributed by atoms with E-state index in [1.807, 2.05) is 0 Å². The summed E-state index contributed by atoms with van der Waals surface area (Å²) in [5, 5.41) is 203. The summed E-state index contributed by atoms with van der Waals surface area (Å²) in [6.45, 7) is -1.34. The van der Waals surface area contributed by atoms with Crippen molar-refractivity contribution in [1.82, 2.24) is 16.0 Å². The van der Waals surface area contributed by atoms with E-state index in [1.165, 1.54) is 6.92 Å². The highest BCUT2D eigenvalue weighted by molar-refractivity contribution is 5.77. The van der Waals surface area contributed by atoms with E-state index >= 15 is 0 Å². The number of rotatable bonds is 21. The number of ether oxygens (including phenoxy) is 11. The lowest BCUT2D eigenvalue weighted by molar-refractivity contribution is -0.398. The molecule has 31 atom stereocenters. The summed E-state index contributed by atoms with van der Waals surface area (Å²) in [6, 6.07) is -5.36. The Morgan fingerprint density at radius 2 is 0.951 bits per heavy atom. The van der Waals surface area contributed by atoms with Crippen molar-refractivity contribution < 1.29 is 163 Å². The molecule has 0 aromatic heterocycles. The third-order valence-electron chi connectivity index (χ3n) is 14.6. The first kappa shape index (κ1) is 66.9. The zero-order valence-electron chi connectivity index (χ0n) is 43.7. The van der Waals surface area contributed by atoms with E-state index < -0.39 is 253 Å². The number of aliphatic hydroxyl groups is 17. The second kappa shape index (κ2) is 28.3. The second-order valence-corrected chi connectivity index (χ2v) is 20.4. The van der Waals surface area contributed by atoms with Gasteiger partial charge >= 0.3 is 5.97 Å². The Balaban J connectivity index is 1.40. The third kappa shape index (κ3) is 14.5. The highest BCUT2D eigenvalue weighted by Crippen LogP contribution is 2.40. The smallest absolute Gasteiger partial charge is 0.364 e. The molecule has 6 aliphatic rings. The number of nitrogens with one attached hydrogen (secondary N) is 3. The fourth-order valence-electron chi connectivity index (χ4n) is 10.4. The summed E-state index contributed by atoms with van der Waals surface area (Å²) in [5.41, 5.74) is 0. The molecule has 0 spiro atoms. The molecule has 0 radical (unpaired) electrons. The molecule has 6 saturated heterocycles. The first-order valence-electron chi connectivity index (χ1n) is 25.6. The Kier molecular flexibility index (Phi) is 23.4. The normalized spacial score (nSPS) is 46.7. The standard InChI is InChI=1S/C45H75N3O33/c1-11-24(59)29(64)30(65)41(71-11)76-33-20(10-53)75-40(79-37-27(62)18(8-51)73-42(31(37)66)77-34-22(47-13(3)55)39(68)72-17(7-50)26(34)61)23(48-14(4)56)36(33)78-43-32(67)38(28(63)19(9-52)74-43)81-45(44(69)70)5-15(57)21(46-12(2)54)35(80-45)25(60)16(58)6-49/h11,15-43,49-53,57-68H,5-10H2,1-4H3,(H,46,54)(H,47,55)(H,48,56)(H,69,70)/t11-,15-,16+,17+,18+,19+,20+,21+,22+,23+,24+,25+,26-,27-,28-,29+,30-,31+,32+,33+,34+,35+,36+,37-,38-,39-,40-,41-,42-,43-,45-/m0/s1. The van der Waals surface area contributed by atoms with Crippen LogP contribution in [0.15, 0.2) is 0 Å². The number of carboxylic acids is 1. The molecule has 6 fully saturated rings. The van der Waals surface area contributed by atoms with Crippen molar-refractivity contribution in [3.63, 3.8) is 0 Å². The van der Waals surface area contributed by atoms with E-state index in [4.69, 9.17) is 52.1 Å². The van der Waals surface area contributed by atoms with Crippen LogP contribution < -0.4 is 16.0 Å². The van der Waals surface area contributed by atoms with Crippen LogP contribution in [0.25, 0.3) is 0 Å². The maximum atomic E-state index is 13.3. The van der Waals surface area contributed by atoms with Crippen LogP contribution in [0.1, 0.15) is 34.1 Å². The molecule has 0 bridgehead atoms. The van der Waals surface area contributed by atoms with Crippen LogP contribution in [0.5, 0.6) is 0 Å². The van der Waals surface area contributed by atoms with Crippen molar-refractivity contribution in [3.8, 4) is 0 Å². The van der Waals surface area contributed by atoms with Crippen LogP contribution in [0.3, 0.4) is 0 Å². The number of carboxylic acid groups (broad SMARTS) is 1. The fraction of sp³-hybridized carbons (Fsp3) is 0.911. The molecule has 81 heavy (non-hydrogen) atoms. The van der Waals surface area contributed by atoms with E-state index in [-0.39, 0.29) is 0 Å². The topological polar surface area (TPSA) is 570 Å². The van der Waals surface area contributed by atoms with Crippen LogP contribution in [0.4, 0.5) is 0 Å². The highest BCUT2D eigenvalue weighted by atomic mass is 16.8. The van der Waals surface area contributed by atoms with Gasteiger partial charge in [0.15, 0.2) is 31.5 Å². The number of carbonyl (C=O) groups is 4. The van der Waals surface area contributed by atoms with E-state index in [9.17, 15) is 111 Å². The lowest BCUT2D eigenvalue weighted by Gasteiger charge is -2.52. The highest BCUT2D eigenvalue weighted by Gasteiger charge is 2.62. The summed E-state index contributed by atoms with van der Waals surface area (Å²) in [4.78, 5) is 50.8. The van der Waals surface area contributed by atoms with Crippen LogP contribution in [-0.4, -0.2) is 338 Å². The molecule has 0 aromatic carbocycles. The van der Waals surface area contributed by atoms with Gasteiger partial charge in [-0.1, -0.05) is 0 Å². The maximum Gasteiger partial charge on any atom is 0.364 e. The van der Waals surface area contributed by atoms with Gasteiger partial charge < -0.3 is 160 Å². The molecule has 0 aliphatic carbocycles. The molecular weight excluding hydrogens is 1110 g/mol. The fourth-order valence-corrected chi connectivity index (χ4v) is 10.4. The number of aliphatic hydroxyl groups excluding tert-OH is 17. The molecule has 0 aromatic rings. The van der Waals surface area contributed by atoms with E-state index in [0.717, 1.165) is 20.8 Å². The number of carbonyl (C=O) groups excluding carboxylic acids is 3. The average Bonchev–Trinajstić information content (AvgIpc) is 3.50. The first-order valence-corrected chi connectivity index (χ1v) is 25.6. The minimum absolute atomic E-state index is 0.784. The van der Waals surface area contributed by atoms with Gasteiger partial charge in [0.2, 0.25) is 17.7 Å². The number of aliphatic carboxylic acids is 1. The van der Waals surface area contributed by atoms with Crippen molar-refractivity contribution in [2.45, 2.75) is 224 Å². The quantitative estimate of drug-likeness (QED) is 0.0507. The monoisotopic (exact) mass is 1190 g/mol. The molecular formula is C45H75N3O33. The van der Waals surface area contributed by atoms with Crippen molar-refractivity contribution in [3.05, 3.63) is 0 Å². The molecule has 468 valence electrons. The minimum atomic E-state index is -3.28. The summed E-state index contributed by atoms with van der Waals surface area (Å²) < 4.78 is 64.2. The van der Waals surface area contributed by atoms with E-state index in [1.54, 1.807) is 0 Å². The van der Waals surface area contributed by atoms with Gasteiger partial charge in [0.25, 0.3) is 5.79 Å². The van der Waals surface area contributed by atoms with Gasteiger partial charge in [-0.3, -0.25) is 14.4 Å². The Hall–Kier alpha value is -3.24. The van der Waals surface area contributed by atoms with Gasteiger partial charge in [0.05, 0.1) is 51.3 Å². The van der Waals surface area contributed by atoms with Crippen LogP contribution in [0, 0.1) is 0 Å². The van der Waals surface area contributed by atoms with Gasteiger partial charge in [-0.25, -0.2) is 4.79 Å². The lowest BCUT2D eigenvalue weighted by atomic mass is 9.88. The Bertz CT molecular complexity index is 2080. The Labute approximate surface area is 459 Å². The zero-order valence-corrected chi connectivity index (χ0v) is 43.7. The van der Waals surface area contributed by atoms with Gasteiger partial charge in [-0.05, 0) is 6.92 Å². The van der Waals surface area contributed by atoms with Crippen LogP contribution >= 0.6 is 0 Å². The number of hydrogen-bond donors (Lipinski definition) is 21. The summed E-state index contributed by atoms with van der Waals surface area (Å²) in [7, 11) is 0. The summed E-state index contributed by atoms with van der Waals surface area (Å²) in [6.07, 6.45) is -56.4. The first-order chi connectivity index (χ1) is 38.1. The summed E-state index contributed by atoms with van der Waals surface area (Å²) in [5.74, 6) is -8.03. The predicted octanol–water partition coefficient (Wildman–Crippen LogP) is -13.4. The largest absolute Gasteiger partial charge is 0.477 e. The van der Waals surface area contributed by atoms with Crippen LogP contribution in [-0.2, 0) is 71.3 Å². The molecule has 21 N–H and O–H groups in total. The molecule has 0 unspecified atom stereocenters. The van der Waals surface area contributed by atoms with Crippen molar-refractivity contribution in [2.24, 2.45) is 0 Å². The zero-order chi connectivity index (χ0) is 60.3. The predicted molar refractivity (Wildman–Crippen MR) is 250 cm³/mol. The third-order valence-corrected chi connectivity index (χ3v) is 14.6. The van der Waals surface area contributed by atoms with Crippen molar-refractivity contribution in [1.29, 1.82) is 0 Å². The average molecular weight is 1190 g/mol. The summed E-state index contributed by atoms with van der Waals surface area (Å²) >= 11 is 0. The molecule has 36 nitrogen and oxygen atoms in total. The van der Waals surface area contributed by atoms with Gasteiger partial charge in [0.1, 0.15) is 134 Å². The second-order valence-electron chi connectivity index (χ2n) is 20.4. The van der Waals surface area contributed by atoms with E-state index in [0.29, 0.717) is 0 Å². The Morgan fingerprint density at radius 1 is 0.506 bits per heavy atom. The molecule has 6 heterocycles. The minimum Gasteiger partial charge on any atom is -0.477 e. The Morgan fingerprint density at radius 3 is 1.48 bits per heavy atom.